The fourth-order valence-electron chi connectivity index (χ4n) is 7.91. The van der Waals surface area contributed by atoms with E-state index < -0.39 is 21.4 Å². The Hall–Kier alpha value is -1.05. The average molecular weight is 831 g/mol. The summed E-state index contributed by atoms with van der Waals surface area (Å²) in [4.78, 5) is 12.5. The van der Waals surface area contributed by atoms with Crippen molar-refractivity contribution in [2.24, 2.45) is 29.1 Å². The first-order valence-electron chi connectivity index (χ1n) is 18.9. The van der Waals surface area contributed by atoms with Gasteiger partial charge >= 0.3 is 5.97 Å². The van der Waals surface area contributed by atoms with Gasteiger partial charge in [0.15, 0.2) is 9.84 Å². The highest BCUT2D eigenvalue weighted by atomic mass is 127. The molecule has 10 heteroatoms. The summed E-state index contributed by atoms with van der Waals surface area (Å²) in [5.74, 6) is 0.113. The van der Waals surface area contributed by atoms with Crippen LogP contribution < -0.4 is 0 Å². The summed E-state index contributed by atoms with van der Waals surface area (Å²) in [5.41, 5.74) is -0.0967. The number of ether oxygens (including phenoxy) is 4. The first kappa shape index (κ1) is 41.7. The van der Waals surface area contributed by atoms with Gasteiger partial charge in [0.2, 0.25) is 0 Å². The van der Waals surface area contributed by atoms with Crippen molar-refractivity contribution < 1.29 is 37.3 Å². The Bertz CT molecular complexity index is 1360. The van der Waals surface area contributed by atoms with Crippen molar-refractivity contribution in [2.75, 3.05) is 16.8 Å². The molecule has 3 aliphatic rings. The van der Waals surface area contributed by atoms with Crippen LogP contribution in [0.5, 0.6) is 0 Å². The molecule has 3 heterocycles. The molecule has 4 rings (SSSR count). The van der Waals surface area contributed by atoms with Crippen LogP contribution in [0.2, 0.25) is 0 Å². The smallest absolute Gasteiger partial charge is 0.311 e. The van der Waals surface area contributed by atoms with Crippen LogP contribution in [0.3, 0.4) is 0 Å². The van der Waals surface area contributed by atoms with Gasteiger partial charge in [-0.1, -0.05) is 81.5 Å². The van der Waals surface area contributed by atoms with E-state index in [1.54, 1.807) is 24.3 Å². The highest BCUT2D eigenvalue weighted by Gasteiger charge is 2.52. The maximum Gasteiger partial charge on any atom is 0.311 e. The molecule has 0 bridgehead atoms. The number of aliphatic hydroxyl groups excluding tert-OH is 1. The molecule has 0 aromatic heterocycles. The number of benzene rings is 1. The van der Waals surface area contributed by atoms with E-state index in [0.29, 0.717) is 23.8 Å². The molecular weight excluding hydrogens is 767 g/mol. The van der Waals surface area contributed by atoms with E-state index in [0.717, 1.165) is 61.4 Å². The van der Waals surface area contributed by atoms with Crippen LogP contribution in [0.25, 0.3) is 0 Å². The van der Waals surface area contributed by atoms with Gasteiger partial charge in [0, 0.05) is 23.2 Å². The minimum absolute atomic E-state index is 0.00476. The summed E-state index contributed by atoms with van der Waals surface area (Å²) in [6, 6.07) is 8.64. The monoisotopic (exact) mass is 830 g/mol. The number of hydrogen-bond acceptors (Lipinski definition) is 8. The van der Waals surface area contributed by atoms with Crippen LogP contribution in [0.15, 0.2) is 47.4 Å². The summed E-state index contributed by atoms with van der Waals surface area (Å²) in [5, 5.41) is 11.6. The molecule has 50 heavy (non-hydrogen) atoms. The van der Waals surface area contributed by atoms with Crippen molar-refractivity contribution in [2.45, 2.75) is 153 Å². The molecule has 11 atom stereocenters. The number of fused-ring (bicyclic) bond motifs is 1. The lowest BCUT2D eigenvalue weighted by Gasteiger charge is -2.42. The van der Waals surface area contributed by atoms with E-state index in [2.05, 4.69) is 56.9 Å². The quantitative estimate of drug-likeness (QED) is 0.0552. The Morgan fingerprint density at radius 3 is 2.42 bits per heavy atom. The van der Waals surface area contributed by atoms with Crippen molar-refractivity contribution in [3.63, 3.8) is 0 Å². The standard InChI is InChI=1S/C40H63IO8S/c1-9-26(2)20-35-29(5)33(24-50(44,45)32-15-11-10-12-16-32)36(48-35)22-34(42)28(4)27(3)21-30-17-18-37-40(25-41,49-30)23-31(47-37)14-13-19-46-38(43)39(6,7)8/h10-12,15-16,26-27,29-31,33-37,42H,4,9,13-14,17-25H2,1-3,5-8H3/t26-,27-,29-,30?,31+,33-,34-,35-,36?,37+,40-/m1/s1. The van der Waals surface area contributed by atoms with E-state index in [1.165, 1.54) is 0 Å². The van der Waals surface area contributed by atoms with Crippen molar-refractivity contribution in [1.82, 2.24) is 0 Å². The molecule has 3 fully saturated rings. The predicted octanol–water partition coefficient (Wildman–Crippen LogP) is 8.13. The predicted molar refractivity (Wildman–Crippen MR) is 206 cm³/mol. The first-order chi connectivity index (χ1) is 23.5. The maximum atomic E-state index is 13.5. The maximum absolute atomic E-state index is 13.5. The number of alkyl halides is 1. The lowest BCUT2D eigenvalue weighted by atomic mass is 9.82. The topological polar surface area (TPSA) is 108 Å². The lowest BCUT2D eigenvalue weighted by Crippen LogP contribution is -2.50. The van der Waals surface area contributed by atoms with Gasteiger partial charge in [0.1, 0.15) is 5.60 Å². The third-order valence-corrected chi connectivity index (χ3v) is 14.6. The number of aliphatic hydroxyl groups is 1. The van der Waals surface area contributed by atoms with Crippen LogP contribution in [-0.2, 0) is 33.6 Å². The van der Waals surface area contributed by atoms with Crippen molar-refractivity contribution in [1.29, 1.82) is 0 Å². The summed E-state index contributed by atoms with van der Waals surface area (Å²) < 4.78 is 53.3. The number of esters is 1. The average Bonchev–Trinajstić information content (AvgIpc) is 3.58. The normalized spacial score (nSPS) is 31.9. The molecule has 1 N–H and O–H groups in total. The van der Waals surface area contributed by atoms with Crippen LogP contribution in [0.1, 0.15) is 106 Å². The Kier molecular flexibility index (Phi) is 14.9. The largest absolute Gasteiger partial charge is 0.465 e. The van der Waals surface area contributed by atoms with Crippen molar-refractivity contribution in [3.8, 4) is 0 Å². The van der Waals surface area contributed by atoms with Crippen LogP contribution >= 0.6 is 22.6 Å². The van der Waals surface area contributed by atoms with E-state index in [1.807, 2.05) is 26.8 Å². The van der Waals surface area contributed by atoms with E-state index in [9.17, 15) is 18.3 Å². The second-order valence-electron chi connectivity index (χ2n) is 16.5. The molecule has 0 aliphatic carbocycles. The van der Waals surface area contributed by atoms with Gasteiger partial charge in [0.25, 0.3) is 0 Å². The van der Waals surface area contributed by atoms with E-state index >= 15 is 0 Å². The zero-order chi connectivity index (χ0) is 36.9. The number of halogens is 1. The molecule has 0 spiro atoms. The fraction of sp³-hybridized carbons (Fsp3) is 0.775. The van der Waals surface area contributed by atoms with Gasteiger partial charge in [-0.25, -0.2) is 8.42 Å². The molecule has 8 nitrogen and oxygen atoms in total. The molecule has 1 aromatic carbocycles. The molecule has 0 radical (unpaired) electrons. The molecule has 1 aromatic rings. The van der Waals surface area contributed by atoms with Gasteiger partial charge in [0.05, 0.1) is 59.3 Å². The minimum Gasteiger partial charge on any atom is -0.465 e. The van der Waals surface area contributed by atoms with Crippen LogP contribution in [0, 0.1) is 29.1 Å². The van der Waals surface area contributed by atoms with Gasteiger partial charge in [-0.15, -0.1) is 0 Å². The number of hydrogen-bond donors (Lipinski definition) is 1. The Balaban J connectivity index is 1.34. The van der Waals surface area contributed by atoms with Gasteiger partial charge in [-0.3, -0.25) is 4.79 Å². The third kappa shape index (κ3) is 10.5. The van der Waals surface area contributed by atoms with Crippen molar-refractivity contribution >= 4 is 38.4 Å². The molecule has 3 aliphatic heterocycles. The van der Waals surface area contributed by atoms with Gasteiger partial charge < -0.3 is 24.1 Å². The summed E-state index contributed by atoms with van der Waals surface area (Å²) in [6.45, 7) is 18.9. The first-order valence-corrected chi connectivity index (χ1v) is 22.0. The number of sulfone groups is 1. The van der Waals surface area contributed by atoms with Gasteiger partial charge in [-0.2, -0.15) is 0 Å². The van der Waals surface area contributed by atoms with Crippen molar-refractivity contribution in [3.05, 3.63) is 42.5 Å². The zero-order valence-corrected chi connectivity index (χ0v) is 34.4. The second kappa shape index (κ2) is 17.9. The third-order valence-electron chi connectivity index (χ3n) is 11.5. The van der Waals surface area contributed by atoms with E-state index in [-0.39, 0.29) is 65.6 Å². The van der Waals surface area contributed by atoms with E-state index in [4.69, 9.17) is 18.9 Å². The minimum atomic E-state index is -3.53. The summed E-state index contributed by atoms with van der Waals surface area (Å²) in [7, 11) is -3.53. The Morgan fingerprint density at radius 2 is 1.78 bits per heavy atom. The van der Waals surface area contributed by atoms with Crippen LogP contribution in [-0.4, -0.2) is 78.5 Å². The zero-order valence-electron chi connectivity index (χ0n) is 31.4. The molecule has 2 unspecified atom stereocenters. The molecule has 0 saturated carbocycles. The highest BCUT2D eigenvalue weighted by Crippen LogP contribution is 2.46. The van der Waals surface area contributed by atoms with Crippen LogP contribution in [0.4, 0.5) is 0 Å². The summed E-state index contributed by atoms with van der Waals surface area (Å²) >= 11 is 2.42. The SMILES string of the molecule is C=C([C@H](C)CC1CC[C@@H]2O[C@@H](CCCOC(=O)C(C)(C)C)C[C@]2(CI)O1)[C@H](O)CC1O[C@H](C[C@H](C)CC)[C@H](C)[C@H]1CS(=O)(=O)c1ccccc1. The second-order valence-corrected chi connectivity index (χ2v) is 19.3. The fourth-order valence-corrected chi connectivity index (χ4v) is 10.7. The Labute approximate surface area is 315 Å². The lowest BCUT2D eigenvalue weighted by molar-refractivity contribution is -0.156. The number of rotatable bonds is 17. The van der Waals surface area contributed by atoms with Gasteiger partial charge in [-0.05, 0) is 94.8 Å². The Morgan fingerprint density at radius 1 is 1.08 bits per heavy atom. The molecule has 284 valence electrons. The summed E-state index contributed by atoms with van der Waals surface area (Å²) in [6.07, 6.45) is 6.11. The highest BCUT2D eigenvalue weighted by molar-refractivity contribution is 14.1. The molecule has 0 amide bonds. The molecule has 3 saturated heterocycles. The number of carbonyl (C=O) groups excluding carboxylic acids is 1. The molecular formula is C40H63IO8S. The number of carbonyl (C=O) groups is 1.